The van der Waals surface area contributed by atoms with Gasteiger partial charge in [0.2, 0.25) is 0 Å². The van der Waals surface area contributed by atoms with Crippen molar-refractivity contribution in [3.05, 3.63) is 58.1 Å². The highest BCUT2D eigenvalue weighted by molar-refractivity contribution is 9.10. The molecule has 1 N–H and O–H groups in total. The number of para-hydroxylation sites is 1. The maximum atomic E-state index is 12.8. The predicted molar refractivity (Wildman–Crippen MR) is 86.8 cm³/mol. The minimum Gasteiger partial charge on any atom is -0.507 e. The second-order valence-corrected chi connectivity index (χ2v) is 6.37. The Morgan fingerprint density at radius 1 is 1.29 bits per heavy atom. The summed E-state index contributed by atoms with van der Waals surface area (Å²) in [4.78, 5) is 14.6. The molecule has 2 aromatic rings. The van der Waals surface area contributed by atoms with Crippen molar-refractivity contribution >= 4 is 27.5 Å². The Labute approximate surface area is 132 Å². The highest BCUT2D eigenvalue weighted by Gasteiger charge is 2.27. The van der Waals surface area contributed by atoms with Gasteiger partial charge in [-0.2, -0.15) is 0 Å². The fraction of sp³-hybridized carbons (Fsp3) is 0.235. The van der Waals surface area contributed by atoms with E-state index in [1.54, 1.807) is 12.1 Å². The summed E-state index contributed by atoms with van der Waals surface area (Å²) in [6.45, 7) is 2.85. The van der Waals surface area contributed by atoms with Crippen LogP contribution < -0.4 is 4.90 Å². The molecule has 1 heterocycles. The molecule has 3 nitrogen and oxygen atoms in total. The normalized spacial score (nSPS) is 17.4. The van der Waals surface area contributed by atoms with E-state index in [4.69, 9.17) is 0 Å². The quantitative estimate of drug-likeness (QED) is 0.848. The van der Waals surface area contributed by atoms with Crippen molar-refractivity contribution < 1.29 is 9.90 Å². The van der Waals surface area contributed by atoms with Gasteiger partial charge in [-0.25, -0.2) is 0 Å². The minimum atomic E-state index is -0.0724. The van der Waals surface area contributed by atoms with Gasteiger partial charge in [0.15, 0.2) is 0 Å². The molecule has 21 heavy (non-hydrogen) atoms. The van der Waals surface area contributed by atoms with Crippen LogP contribution >= 0.6 is 15.9 Å². The summed E-state index contributed by atoms with van der Waals surface area (Å²) in [5.41, 5.74) is 2.67. The van der Waals surface area contributed by atoms with Gasteiger partial charge in [0, 0.05) is 17.8 Å². The number of phenols is 1. The highest BCUT2D eigenvalue weighted by Crippen LogP contribution is 2.32. The molecule has 1 amide bonds. The molecule has 0 bridgehead atoms. The van der Waals surface area contributed by atoms with E-state index in [9.17, 15) is 9.90 Å². The van der Waals surface area contributed by atoms with Crippen LogP contribution in [0.2, 0.25) is 0 Å². The van der Waals surface area contributed by atoms with Crippen molar-refractivity contribution in [2.24, 2.45) is 5.92 Å². The third-order valence-corrected chi connectivity index (χ3v) is 4.45. The lowest BCUT2D eigenvalue weighted by molar-refractivity contribution is 0.0980. The van der Waals surface area contributed by atoms with Crippen LogP contribution in [-0.4, -0.2) is 17.6 Å². The monoisotopic (exact) mass is 345 g/mol. The number of aromatic hydroxyl groups is 1. The Balaban J connectivity index is 1.99. The summed E-state index contributed by atoms with van der Waals surface area (Å²) in [6, 6.07) is 12.9. The summed E-state index contributed by atoms with van der Waals surface area (Å²) in [7, 11) is 0. The van der Waals surface area contributed by atoms with Gasteiger partial charge < -0.3 is 10.0 Å². The molecule has 1 aliphatic heterocycles. The molecule has 0 saturated heterocycles. The van der Waals surface area contributed by atoms with Gasteiger partial charge in [0.1, 0.15) is 5.75 Å². The van der Waals surface area contributed by atoms with E-state index in [0.717, 1.165) is 12.1 Å². The van der Waals surface area contributed by atoms with Crippen LogP contribution in [0, 0.1) is 5.92 Å². The number of rotatable bonds is 1. The SMILES string of the molecule is CC1Cc2ccccc2N(C(=O)c2ccc(Br)c(O)c2)C1. The van der Waals surface area contributed by atoms with Crippen molar-refractivity contribution in [3.8, 4) is 5.75 Å². The lowest BCUT2D eigenvalue weighted by atomic mass is 9.93. The topological polar surface area (TPSA) is 40.5 Å². The third kappa shape index (κ3) is 2.68. The largest absolute Gasteiger partial charge is 0.507 e. The van der Waals surface area contributed by atoms with Gasteiger partial charge in [-0.3, -0.25) is 4.79 Å². The minimum absolute atomic E-state index is 0.0724. The van der Waals surface area contributed by atoms with Gasteiger partial charge in [-0.1, -0.05) is 25.1 Å². The van der Waals surface area contributed by atoms with E-state index in [1.807, 2.05) is 23.1 Å². The van der Waals surface area contributed by atoms with Crippen molar-refractivity contribution in [2.75, 3.05) is 11.4 Å². The second kappa shape index (κ2) is 5.53. The average molecular weight is 346 g/mol. The number of phenolic OH excluding ortho intramolecular Hbond substituents is 1. The van der Waals surface area contributed by atoms with Gasteiger partial charge in [-0.05, 0) is 58.1 Å². The number of carbonyl (C=O) groups is 1. The Bertz CT molecular complexity index is 699. The number of anilines is 1. The molecule has 3 rings (SSSR count). The zero-order valence-electron chi connectivity index (χ0n) is 11.7. The van der Waals surface area contributed by atoms with Crippen molar-refractivity contribution in [3.63, 3.8) is 0 Å². The number of carbonyl (C=O) groups excluding carboxylic acids is 1. The molecule has 1 unspecified atom stereocenters. The predicted octanol–water partition coefficient (Wildman–Crippen LogP) is 3.99. The number of nitrogens with zero attached hydrogens (tertiary/aromatic N) is 1. The van der Waals surface area contributed by atoms with Gasteiger partial charge in [-0.15, -0.1) is 0 Å². The molecule has 1 aliphatic rings. The number of halogens is 1. The molecule has 0 fully saturated rings. The fourth-order valence-corrected chi connectivity index (χ4v) is 3.04. The Morgan fingerprint density at radius 2 is 2.05 bits per heavy atom. The Kier molecular flexibility index (Phi) is 3.72. The first-order chi connectivity index (χ1) is 10.1. The first-order valence-corrected chi connectivity index (χ1v) is 7.74. The number of hydrogen-bond acceptors (Lipinski definition) is 2. The average Bonchev–Trinajstić information content (AvgIpc) is 2.48. The first kappa shape index (κ1) is 14.1. The standard InChI is InChI=1S/C17H16BrNO2/c1-11-8-12-4-2-3-5-15(12)19(10-11)17(21)13-6-7-14(18)16(20)9-13/h2-7,9,11,20H,8,10H2,1H3. The van der Waals surface area contributed by atoms with Gasteiger partial charge >= 0.3 is 0 Å². The van der Waals surface area contributed by atoms with Crippen LogP contribution in [0.5, 0.6) is 5.75 Å². The lowest BCUT2D eigenvalue weighted by Crippen LogP contribution is -2.39. The van der Waals surface area contributed by atoms with E-state index < -0.39 is 0 Å². The van der Waals surface area contributed by atoms with Gasteiger partial charge in [0.25, 0.3) is 5.91 Å². The molecule has 0 spiro atoms. The van der Waals surface area contributed by atoms with Crippen LogP contribution in [0.4, 0.5) is 5.69 Å². The smallest absolute Gasteiger partial charge is 0.258 e. The first-order valence-electron chi connectivity index (χ1n) is 6.94. The molecular formula is C17H16BrNO2. The third-order valence-electron chi connectivity index (χ3n) is 3.78. The van der Waals surface area contributed by atoms with E-state index in [0.29, 0.717) is 22.5 Å². The summed E-state index contributed by atoms with van der Waals surface area (Å²) in [5, 5.41) is 9.78. The molecule has 0 aliphatic carbocycles. The number of hydrogen-bond donors (Lipinski definition) is 1. The maximum Gasteiger partial charge on any atom is 0.258 e. The van der Waals surface area contributed by atoms with Crippen LogP contribution in [-0.2, 0) is 6.42 Å². The highest BCUT2D eigenvalue weighted by atomic mass is 79.9. The van der Waals surface area contributed by atoms with E-state index >= 15 is 0 Å². The molecule has 0 saturated carbocycles. The van der Waals surface area contributed by atoms with Crippen LogP contribution in [0.25, 0.3) is 0 Å². The van der Waals surface area contributed by atoms with Crippen molar-refractivity contribution in [1.82, 2.24) is 0 Å². The molecule has 1 atom stereocenters. The van der Waals surface area contributed by atoms with Crippen molar-refractivity contribution in [2.45, 2.75) is 13.3 Å². The molecule has 108 valence electrons. The lowest BCUT2D eigenvalue weighted by Gasteiger charge is -2.33. The zero-order valence-corrected chi connectivity index (χ0v) is 13.3. The maximum absolute atomic E-state index is 12.8. The summed E-state index contributed by atoms with van der Waals surface area (Å²) >= 11 is 3.23. The summed E-state index contributed by atoms with van der Waals surface area (Å²) < 4.78 is 0.589. The number of benzene rings is 2. The molecule has 0 radical (unpaired) electrons. The molecule has 4 heteroatoms. The Morgan fingerprint density at radius 3 is 2.81 bits per heavy atom. The second-order valence-electron chi connectivity index (χ2n) is 5.52. The zero-order chi connectivity index (χ0) is 15.0. The summed E-state index contributed by atoms with van der Waals surface area (Å²) in [5.74, 6) is 0.434. The number of fused-ring (bicyclic) bond motifs is 1. The van der Waals surface area contributed by atoms with Crippen LogP contribution in [0.15, 0.2) is 46.9 Å². The molecular weight excluding hydrogens is 330 g/mol. The van der Waals surface area contributed by atoms with Gasteiger partial charge in [0.05, 0.1) is 4.47 Å². The number of amides is 1. The fourth-order valence-electron chi connectivity index (χ4n) is 2.79. The molecule has 0 aromatic heterocycles. The van der Waals surface area contributed by atoms with E-state index in [1.165, 1.54) is 11.6 Å². The van der Waals surface area contributed by atoms with Crippen LogP contribution in [0.1, 0.15) is 22.8 Å². The van der Waals surface area contributed by atoms with E-state index in [-0.39, 0.29) is 11.7 Å². The van der Waals surface area contributed by atoms with E-state index in [2.05, 4.69) is 28.9 Å². The molecule has 2 aromatic carbocycles. The van der Waals surface area contributed by atoms with Crippen molar-refractivity contribution in [1.29, 1.82) is 0 Å². The Hall–Kier alpha value is -1.81. The van der Waals surface area contributed by atoms with Crippen LogP contribution in [0.3, 0.4) is 0 Å². The summed E-state index contributed by atoms with van der Waals surface area (Å²) in [6.07, 6.45) is 0.992.